The van der Waals surface area contributed by atoms with Crippen LogP contribution in [-0.4, -0.2) is 9.78 Å². The van der Waals surface area contributed by atoms with Crippen LogP contribution in [0.2, 0.25) is 0 Å². The molecule has 86 valence electrons. The van der Waals surface area contributed by atoms with Gasteiger partial charge in [0.25, 0.3) is 0 Å². The Bertz CT molecular complexity index is 335. The number of alkyl halides is 3. The lowest BCUT2D eigenvalue weighted by Crippen LogP contribution is -2.21. The molecular formula is C10H15F3N2. The molecule has 0 fully saturated rings. The van der Waals surface area contributed by atoms with Gasteiger partial charge in [0.05, 0.1) is 5.69 Å². The fourth-order valence-corrected chi connectivity index (χ4v) is 1.88. The normalized spacial score (nSPS) is 13.3. The van der Waals surface area contributed by atoms with Crippen LogP contribution in [0.1, 0.15) is 37.7 Å². The van der Waals surface area contributed by atoms with Gasteiger partial charge in [-0.3, -0.25) is 4.68 Å². The first-order valence-corrected chi connectivity index (χ1v) is 4.66. The van der Waals surface area contributed by atoms with E-state index in [2.05, 4.69) is 5.10 Å². The summed E-state index contributed by atoms with van der Waals surface area (Å²) in [4.78, 5) is 0. The predicted molar refractivity (Wildman–Crippen MR) is 51.6 cm³/mol. The van der Waals surface area contributed by atoms with Crippen molar-refractivity contribution in [3.63, 3.8) is 0 Å². The van der Waals surface area contributed by atoms with Crippen molar-refractivity contribution in [2.75, 3.05) is 0 Å². The number of aromatic nitrogens is 2. The summed E-state index contributed by atoms with van der Waals surface area (Å²) in [6.45, 7) is 6.88. The molecule has 0 radical (unpaired) electrons. The van der Waals surface area contributed by atoms with Crippen molar-refractivity contribution >= 4 is 0 Å². The number of hydrogen-bond acceptors (Lipinski definition) is 1. The zero-order valence-corrected chi connectivity index (χ0v) is 9.53. The van der Waals surface area contributed by atoms with Crippen LogP contribution in [0.5, 0.6) is 0 Å². The summed E-state index contributed by atoms with van der Waals surface area (Å²) in [5, 5.41) is 3.84. The van der Waals surface area contributed by atoms with E-state index in [0.717, 1.165) is 4.68 Å². The highest BCUT2D eigenvalue weighted by Crippen LogP contribution is 2.38. The third-order valence-corrected chi connectivity index (χ3v) is 2.24. The van der Waals surface area contributed by atoms with Crippen molar-refractivity contribution in [1.29, 1.82) is 0 Å². The molecule has 0 aromatic carbocycles. The van der Waals surface area contributed by atoms with Gasteiger partial charge >= 0.3 is 6.18 Å². The Hall–Kier alpha value is -1.00. The summed E-state index contributed by atoms with van der Waals surface area (Å²) >= 11 is 0. The maximum absolute atomic E-state index is 12.8. The average molecular weight is 220 g/mol. The first-order valence-electron chi connectivity index (χ1n) is 4.66. The lowest BCUT2D eigenvalue weighted by Gasteiger charge is -2.21. The molecule has 0 bridgehead atoms. The second kappa shape index (κ2) is 3.25. The molecule has 0 unspecified atom stereocenters. The van der Waals surface area contributed by atoms with Gasteiger partial charge < -0.3 is 0 Å². The maximum Gasteiger partial charge on any atom is 0.433 e. The Morgan fingerprint density at radius 1 is 1.13 bits per heavy atom. The number of hydrogen-bond donors (Lipinski definition) is 0. The Labute approximate surface area is 87.1 Å². The molecule has 1 rings (SSSR count). The fourth-order valence-electron chi connectivity index (χ4n) is 1.88. The molecular weight excluding hydrogens is 205 g/mol. The third-order valence-electron chi connectivity index (χ3n) is 2.24. The van der Waals surface area contributed by atoms with E-state index in [-0.39, 0.29) is 5.56 Å². The largest absolute Gasteiger partial charge is 0.433 e. The molecule has 0 atom stereocenters. The highest BCUT2D eigenvalue weighted by atomic mass is 19.4. The Morgan fingerprint density at radius 2 is 1.60 bits per heavy atom. The number of rotatable bonds is 0. The van der Waals surface area contributed by atoms with Gasteiger partial charge in [0.15, 0.2) is 0 Å². The smallest absolute Gasteiger partial charge is 0.263 e. The number of halogens is 3. The van der Waals surface area contributed by atoms with E-state index in [1.54, 1.807) is 27.7 Å². The molecule has 15 heavy (non-hydrogen) atoms. The monoisotopic (exact) mass is 220 g/mol. The Balaban J connectivity index is 3.51. The molecule has 0 N–H and O–H groups in total. The van der Waals surface area contributed by atoms with E-state index in [0.29, 0.717) is 5.69 Å². The van der Waals surface area contributed by atoms with Crippen molar-refractivity contribution in [3.05, 3.63) is 17.0 Å². The van der Waals surface area contributed by atoms with Crippen LogP contribution in [0.4, 0.5) is 13.2 Å². The van der Waals surface area contributed by atoms with Gasteiger partial charge in [-0.15, -0.1) is 0 Å². The minimum atomic E-state index is -4.35. The lowest BCUT2D eigenvalue weighted by molar-refractivity contribution is -0.144. The summed E-state index contributed by atoms with van der Waals surface area (Å²) in [6, 6.07) is 0. The van der Waals surface area contributed by atoms with Crippen molar-refractivity contribution < 1.29 is 13.2 Å². The highest BCUT2D eigenvalue weighted by molar-refractivity contribution is 5.34. The molecule has 1 heterocycles. The zero-order valence-electron chi connectivity index (χ0n) is 9.53. The van der Waals surface area contributed by atoms with Crippen molar-refractivity contribution in [2.45, 2.75) is 39.3 Å². The molecule has 2 nitrogen and oxygen atoms in total. The summed E-state index contributed by atoms with van der Waals surface area (Å²) in [5.74, 6) is 0. The van der Waals surface area contributed by atoms with Crippen molar-refractivity contribution in [1.82, 2.24) is 9.78 Å². The van der Waals surface area contributed by atoms with Crippen LogP contribution in [0, 0.1) is 6.92 Å². The van der Waals surface area contributed by atoms with E-state index in [1.807, 2.05) is 0 Å². The first kappa shape index (κ1) is 12.1. The van der Waals surface area contributed by atoms with Crippen LogP contribution in [-0.2, 0) is 18.6 Å². The average Bonchev–Trinajstić information content (AvgIpc) is 2.22. The molecule has 0 spiro atoms. The molecule has 0 saturated heterocycles. The Kier molecular flexibility index (Phi) is 2.62. The second-order valence-electron chi connectivity index (χ2n) is 4.68. The van der Waals surface area contributed by atoms with Crippen LogP contribution in [0.3, 0.4) is 0 Å². The van der Waals surface area contributed by atoms with Crippen LogP contribution in [0.15, 0.2) is 0 Å². The summed E-state index contributed by atoms with van der Waals surface area (Å²) in [5.41, 5.74) is -0.481. The Morgan fingerprint density at radius 3 is 1.87 bits per heavy atom. The third kappa shape index (κ3) is 2.16. The summed E-state index contributed by atoms with van der Waals surface area (Å²) < 4.78 is 39.3. The SMILES string of the molecule is Cc1nn(C)c(C(F)(F)F)c1C(C)(C)C. The highest BCUT2D eigenvalue weighted by Gasteiger charge is 2.41. The van der Waals surface area contributed by atoms with E-state index >= 15 is 0 Å². The van der Waals surface area contributed by atoms with E-state index < -0.39 is 17.3 Å². The number of nitrogens with zero attached hydrogens (tertiary/aromatic N) is 2. The van der Waals surface area contributed by atoms with Gasteiger partial charge in [-0.1, -0.05) is 20.8 Å². The van der Waals surface area contributed by atoms with Crippen LogP contribution >= 0.6 is 0 Å². The quantitative estimate of drug-likeness (QED) is 0.657. The maximum atomic E-state index is 12.8. The van der Waals surface area contributed by atoms with Gasteiger partial charge in [-0.25, -0.2) is 0 Å². The van der Waals surface area contributed by atoms with Gasteiger partial charge in [0.2, 0.25) is 0 Å². The predicted octanol–water partition coefficient (Wildman–Crippen LogP) is 3.04. The van der Waals surface area contributed by atoms with Gasteiger partial charge in [-0.05, 0) is 12.3 Å². The van der Waals surface area contributed by atoms with Crippen LogP contribution < -0.4 is 0 Å². The fraction of sp³-hybridized carbons (Fsp3) is 0.700. The molecule has 0 saturated carbocycles. The molecule has 5 heteroatoms. The summed E-state index contributed by atoms with van der Waals surface area (Å²) in [6.07, 6.45) is -4.35. The van der Waals surface area contributed by atoms with Gasteiger partial charge in [0, 0.05) is 12.6 Å². The molecule has 0 amide bonds. The van der Waals surface area contributed by atoms with E-state index in [1.165, 1.54) is 7.05 Å². The molecule has 0 aliphatic rings. The lowest BCUT2D eigenvalue weighted by atomic mass is 9.85. The topological polar surface area (TPSA) is 17.8 Å². The zero-order chi connectivity index (χ0) is 12.0. The van der Waals surface area contributed by atoms with Gasteiger partial charge in [0.1, 0.15) is 5.69 Å². The summed E-state index contributed by atoms with van der Waals surface area (Å²) in [7, 11) is 1.32. The minimum absolute atomic E-state index is 0.275. The van der Waals surface area contributed by atoms with Gasteiger partial charge in [-0.2, -0.15) is 18.3 Å². The van der Waals surface area contributed by atoms with E-state index in [4.69, 9.17) is 0 Å². The van der Waals surface area contributed by atoms with Crippen molar-refractivity contribution in [2.24, 2.45) is 7.05 Å². The van der Waals surface area contributed by atoms with E-state index in [9.17, 15) is 13.2 Å². The molecule has 1 aromatic heterocycles. The standard InChI is InChI=1S/C10H15F3N2/c1-6-7(9(2,3)4)8(10(11,12)13)15(5)14-6/h1-5H3. The minimum Gasteiger partial charge on any atom is -0.263 e. The second-order valence-corrected chi connectivity index (χ2v) is 4.68. The molecule has 0 aliphatic heterocycles. The molecule has 1 aromatic rings. The van der Waals surface area contributed by atoms with Crippen molar-refractivity contribution in [3.8, 4) is 0 Å². The first-order chi connectivity index (χ1) is 6.55. The molecule has 0 aliphatic carbocycles. The number of aryl methyl sites for hydroxylation is 2. The van der Waals surface area contributed by atoms with Crippen LogP contribution in [0.25, 0.3) is 0 Å².